The van der Waals surface area contributed by atoms with Crippen LogP contribution in [0.1, 0.15) is 215 Å². The highest BCUT2D eigenvalue weighted by Gasteiger charge is 2.07. The number of rotatable bonds is 33. The van der Waals surface area contributed by atoms with Crippen LogP contribution in [0.4, 0.5) is 0 Å². The smallest absolute Gasteiger partial charge is 0.306 e. The van der Waals surface area contributed by atoms with Gasteiger partial charge in [-0.2, -0.15) is 0 Å². The maximum Gasteiger partial charge on any atom is 0.306 e. The molecule has 0 rings (SSSR count). The van der Waals surface area contributed by atoms with Gasteiger partial charge in [0.25, 0.3) is 0 Å². The molecule has 0 N–H and O–H groups in total. The van der Waals surface area contributed by atoms with E-state index >= 15 is 0 Å². The standard InChI is InChI=1S/C42H80O2/c1-7-8-9-10-11-12-13-14-15-16-17-18-19-20-21-22-23-24-25-35-42(43)44-37-36-41(6)34-28-33-40(5)32-27-31-39(4)30-26-29-38(2)3/h14-15,36,38-40H,7-13,16-35,37H2,1-6H3/b15-14+,41-36+/t39-,40-/m1/s1. The number of carbonyl (C=O) groups is 1. The van der Waals surface area contributed by atoms with Crippen LogP contribution >= 0.6 is 0 Å². The van der Waals surface area contributed by atoms with Crippen LogP contribution in [0.15, 0.2) is 23.8 Å². The van der Waals surface area contributed by atoms with Crippen LogP contribution in [0.25, 0.3) is 0 Å². The predicted octanol–water partition coefficient (Wildman–Crippen LogP) is 14.5. The van der Waals surface area contributed by atoms with Crippen molar-refractivity contribution in [2.24, 2.45) is 17.8 Å². The zero-order valence-corrected chi connectivity index (χ0v) is 31.1. The van der Waals surface area contributed by atoms with E-state index in [1.165, 1.54) is 153 Å². The van der Waals surface area contributed by atoms with E-state index < -0.39 is 0 Å². The summed E-state index contributed by atoms with van der Waals surface area (Å²) >= 11 is 0. The van der Waals surface area contributed by atoms with Crippen LogP contribution in [0.3, 0.4) is 0 Å². The number of carbonyl (C=O) groups excluding carboxylic acids is 1. The van der Waals surface area contributed by atoms with Crippen LogP contribution in [0, 0.1) is 17.8 Å². The van der Waals surface area contributed by atoms with Gasteiger partial charge < -0.3 is 4.74 Å². The summed E-state index contributed by atoms with van der Waals surface area (Å²) < 4.78 is 5.47. The molecule has 0 aromatic rings. The molecule has 0 bridgehead atoms. The van der Waals surface area contributed by atoms with Crippen LogP contribution in [0.2, 0.25) is 0 Å². The van der Waals surface area contributed by atoms with E-state index in [4.69, 9.17) is 4.74 Å². The highest BCUT2D eigenvalue weighted by molar-refractivity contribution is 5.69. The lowest BCUT2D eigenvalue weighted by atomic mass is 9.91. The molecular weight excluding hydrogens is 536 g/mol. The van der Waals surface area contributed by atoms with Crippen molar-refractivity contribution in [3.05, 3.63) is 23.8 Å². The molecule has 2 nitrogen and oxygen atoms in total. The third-order valence-electron chi connectivity index (χ3n) is 9.46. The maximum absolute atomic E-state index is 12.1. The molecule has 0 aliphatic carbocycles. The molecule has 0 saturated heterocycles. The van der Waals surface area contributed by atoms with Crippen molar-refractivity contribution in [3.63, 3.8) is 0 Å². The first-order valence-electron chi connectivity index (χ1n) is 19.8. The van der Waals surface area contributed by atoms with Crippen LogP contribution < -0.4 is 0 Å². The highest BCUT2D eigenvalue weighted by Crippen LogP contribution is 2.22. The van der Waals surface area contributed by atoms with Crippen molar-refractivity contribution >= 4 is 5.97 Å². The molecule has 0 aliphatic rings. The van der Waals surface area contributed by atoms with E-state index in [1.54, 1.807) is 0 Å². The second kappa shape index (κ2) is 33.3. The Bertz CT molecular complexity index is 661. The van der Waals surface area contributed by atoms with E-state index in [9.17, 15) is 4.79 Å². The van der Waals surface area contributed by atoms with Crippen molar-refractivity contribution in [1.29, 1.82) is 0 Å². The molecule has 0 unspecified atom stereocenters. The lowest BCUT2D eigenvalue weighted by Crippen LogP contribution is -2.04. The van der Waals surface area contributed by atoms with Crippen LogP contribution in [0.5, 0.6) is 0 Å². The predicted molar refractivity (Wildman–Crippen MR) is 197 cm³/mol. The van der Waals surface area contributed by atoms with E-state index in [1.807, 2.05) is 0 Å². The molecule has 0 aliphatic heterocycles. The summed E-state index contributed by atoms with van der Waals surface area (Å²) in [6.07, 6.45) is 41.9. The SMILES string of the molecule is CCCCCCCC/C=C/CCCCCCCCCCCC(=O)OC/C=C(\C)CCC[C@H](C)CCC[C@H](C)CCCC(C)C. The van der Waals surface area contributed by atoms with Gasteiger partial charge in [0.15, 0.2) is 0 Å². The molecule has 44 heavy (non-hydrogen) atoms. The normalized spacial score (nSPS) is 13.7. The molecule has 0 amide bonds. The third-order valence-corrected chi connectivity index (χ3v) is 9.46. The number of allylic oxidation sites excluding steroid dienone is 3. The maximum atomic E-state index is 12.1. The quantitative estimate of drug-likeness (QED) is 0.0416. The van der Waals surface area contributed by atoms with E-state index in [0.29, 0.717) is 13.0 Å². The summed E-state index contributed by atoms with van der Waals surface area (Å²) in [4.78, 5) is 12.1. The molecule has 0 aromatic heterocycles. The molecule has 0 aromatic carbocycles. The van der Waals surface area contributed by atoms with E-state index in [0.717, 1.165) is 37.0 Å². The monoisotopic (exact) mass is 617 g/mol. The highest BCUT2D eigenvalue weighted by atomic mass is 16.5. The summed E-state index contributed by atoms with van der Waals surface area (Å²) in [7, 11) is 0. The van der Waals surface area contributed by atoms with Crippen molar-refractivity contribution in [2.45, 2.75) is 215 Å². The van der Waals surface area contributed by atoms with Gasteiger partial charge in [0.2, 0.25) is 0 Å². The summed E-state index contributed by atoms with van der Waals surface area (Å²) in [5.41, 5.74) is 1.36. The molecule has 0 fully saturated rings. The van der Waals surface area contributed by atoms with Crippen molar-refractivity contribution in [3.8, 4) is 0 Å². The fourth-order valence-electron chi connectivity index (χ4n) is 6.21. The fourth-order valence-corrected chi connectivity index (χ4v) is 6.21. The Morgan fingerprint density at radius 2 is 1.00 bits per heavy atom. The summed E-state index contributed by atoms with van der Waals surface area (Å²) in [6.45, 7) is 14.4. The largest absolute Gasteiger partial charge is 0.461 e. The Labute approximate surface area is 278 Å². The molecule has 0 saturated carbocycles. The first kappa shape index (κ1) is 43.0. The van der Waals surface area contributed by atoms with Gasteiger partial charge in [0, 0.05) is 6.42 Å². The molecule has 0 radical (unpaired) electrons. The molecule has 0 heterocycles. The number of esters is 1. The molecular formula is C42H80O2. The Kier molecular flexibility index (Phi) is 32.5. The van der Waals surface area contributed by atoms with Gasteiger partial charge in [0.1, 0.15) is 6.61 Å². The number of unbranched alkanes of at least 4 members (excludes halogenated alkanes) is 15. The summed E-state index contributed by atoms with van der Waals surface area (Å²) in [6, 6.07) is 0. The van der Waals surface area contributed by atoms with Gasteiger partial charge in [-0.3, -0.25) is 4.79 Å². The van der Waals surface area contributed by atoms with Gasteiger partial charge in [0.05, 0.1) is 0 Å². The van der Waals surface area contributed by atoms with E-state index in [-0.39, 0.29) is 5.97 Å². The average molecular weight is 617 g/mol. The van der Waals surface area contributed by atoms with E-state index in [2.05, 4.69) is 59.8 Å². The van der Waals surface area contributed by atoms with Gasteiger partial charge >= 0.3 is 5.97 Å². The lowest BCUT2D eigenvalue weighted by Gasteiger charge is -2.15. The zero-order chi connectivity index (χ0) is 32.5. The fraction of sp³-hybridized carbons (Fsp3) is 0.881. The average Bonchev–Trinajstić information content (AvgIpc) is 2.98. The van der Waals surface area contributed by atoms with Gasteiger partial charge in [-0.1, -0.05) is 174 Å². The van der Waals surface area contributed by atoms with Gasteiger partial charge in [-0.15, -0.1) is 0 Å². The van der Waals surface area contributed by atoms with Crippen molar-refractivity contribution < 1.29 is 9.53 Å². The van der Waals surface area contributed by atoms with Gasteiger partial charge in [-0.25, -0.2) is 0 Å². The first-order valence-corrected chi connectivity index (χ1v) is 19.8. The molecule has 2 atom stereocenters. The Morgan fingerprint density at radius 1 is 0.545 bits per heavy atom. The zero-order valence-electron chi connectivity index (χ0n) is 31.1. The minimum atomic E-state index is -0.0258. The number of ether oxygens (including phenoxy) is 1. The summed E-state index contributed by atoms with van der Waals surface area (Å²) in [5, 5.41) is 0. The molecule has 0 spiro atoms. The number of hydrogen-bond acceptors (Lipinski definition) is 2. The van der Waals surface area contributed by atoms with Crippen molar-refractivity contribution in [1.82, 2.24) is 0 Å². The van der Waals surface area contributed by atoms with Crippen LogP contribution in [-0.4, -0.2) is 12.6 Å². The Morgan fingerprint density at radius 3 is 1.52 bits per heavy atom. The molecule has 2 heteroatoms. The van der Waals surface area contributed by atoms with Crippen molar-refractivity contribution in [2.75, 3.05) is 6.61 Å². The minimum Gasteiger partial charge on any atom is -0.461 e. The Hall–Kier alpha value is -1.05. The summed E-state index contributed by atoms with van der Waals surface area (Å²) in [5.74, 6) is 2.53. The number of hydrogen-bond donors (Lipinski definition) is 0. The van der Waals surface area contributed by atoms with Gasteiger partial charge in [-0.05, 0) is 75.7 Å². The minimum absolute atomic E-state index is 0.0258. The molecule has 260 valence electrons. The topological polar surface area (TPSA) is 26.3 Å². The lowest BCUT2D eigenvalue weighted by molar-refractivity contribution is -0.142. The second-order valence-corrected chi connectivity index (χ2v) is 14.8. The second-order valence-electron chi connectivity index (χ2n) is 14.8. The van der Waals surface area contributed by atoms with Crippen LogP contribution in [-0.2, 0) is 9.53 Å². The first-order chi connectivity index (χ1) is 21.3. The third kappa shape index (κ3) is 33.8. The Balaban J connectivity index is 3.50.